The molecule has 2 N–H and O–H groups in total. The molecule has 7 nitrogen and oxygen atoms in total. The summed E-state index contributed by atoms with van der Waals surface area (Å²) >= 11 is 0. The van der Waals surface area contributed by atoms with Gasteiger partial charge in [0, 0.05) is 23.4 Å². The topological polar surface area (TPSA) is 92.7 Å². The summed E-state index contributed by atoms with van der Waals surface area (Å²) in [6.07, 6.45) is 0.932. The van der Waals surface area contributed by atoms with Crippen molar-refractivity contribution in [2.75, 3.05) is 0 Å². The number of aryl methyl sites for hydroxylation is 2. The molecule has 3 aromatic rings. The number of H-pyrrole nitrogens is 1. The standard InChI is InChI=1S/C22H27N5O2/c1-13-14(2)24-22(25-21(13)29)27-17(5)19(16(4)26-27)11-12-20(28)23-15(3)18-9-7-6-8-10-18/h6-10,15H,11-12H2,1-5H3,(H,23,28)(H,24,25,29)/t15-/m1/s1. The normalized spacial score (nSPS) is 12.0. The largest absolute Gasteiger partial charge is 0.350 e. The molecule has 1 atom stereocenters. The summed E-state index contributed by atoms with van der Waals surface area (Å²) in [4.78, 5) is 31.7. The summed E-state index contributed by atoms with van der Waals surface area (Å²) in [5, 5.41) is 7.57. The van der Waals surface area contributed by atoms with Crippen LogP contribution in [0, 0.1) is 27.7 Å². The molecule has 2 aromatic heterocycles. The van der Waals surface area contributed by atoms with E-state index < -0.39 is 0 Å². The Balaban J connectivity index is 1.72. The Labute approximate surface area is 170 Å². The van der Waals surface area contributed by atoms with E-state index in [4.69, 9.17) is 0 Å². The molecule has 2 heterocycles. The highest BCUT2D eigenvalue weighted by Crippen LogP contribution is 2.18. The molecule has 1 aromatic carbocycles. The molecule has 0 saturated carbocycles. The van der Waals surface area contributed by atoms with Crippen molar-refractivity contribution in [2.24, 2.45) is 0 Å². The third-order valence-electron chi connectivity index (χ3n) is 5.30. The lowest BCUT2D eigenvalue weighted by atomic mass is 10.1. The second kappa shape index (κ2) is 8.43. The predicted octanol–water partition coefficient (Wildman–Crippen LogP) is 3.00. The first-order valence-electron chi connectivity index (χ1n) is 9.75. The highest BCUT2D eigenvalue weighted by atomic mass is 16.1. The monoisotopic (exact) mass is 393 g/mol. The van der Waals surface area contributed by atoms with Gasteiger partial charge in [0.05, 0.1) is 11.7 Å². The Bertz CT molecular complexity index is 1080. The van der Waals surface area contributed by atoms with Gasteiger partial charge in [0.15, 0.2) is 0 Å². The minimum absolute atomic E-state index is 0.00869. The van der Waals surface area contributed by atoms with Gasteiger partial charge in [-0.15, -0.1) is 0 Å². The SMILES string of the molecule is Cc1nn(-c2nc(C)c(C)c(=O)[nH]2)c(C)c1CCC(=O)N[C@H](C)c1ccccc1. The molecular weight excluding hydrogens is 366 g/mol. The fraction of sp³-hybridized carbons (Fsp3) is 0.364. The van der Waals surface area contributed by atoms with Gasteiger partial charge in [-0.2, -0.15) is 5.10 Å². The number of nitrogens with one attached hydrogen (secondary N) is 2. The molecule has 0 unspecified atom stereocenters. The van der Waals surface area contributed by atoms with Crippen LogP contribution >= 0.6 is 0 Å². The maximum atomic E-state index is 12.4. The molecule has 152 valence electrons. The van der Waals surface area contributed by atoms with Gasteiger partial charge in [-0.25, -0.2) is 9.67 Å². The first-order valence-corrected chi connectivity index (χ1v) is 9.75. The number of aromatic amines is 1. The summed E-state index contributed by atoms with van der Waals surface area (Å²) in [7, 11) is 0. The molecule has 7 heteroatoms. The number of hydrogen-bond acceptors (Lipinski definition) is 4. The predicted molar refractivity (Wildman–Crippen MR) is 112 cm³/mol. The van der Waals surface area contributed by atoms with Crippen molar-refractivity contribution in [3.63, 3.8) is 0 Å². The van der Waals surface area contributed by atoms with Gasteiger partial charge < -0.3 is 5.32 Å². The lowest BCUT2D eigenvalue weighted by molar-refractivity contribution is -0.121. The summed E-state index contributed by atoms with van der Waals surface area (Å²) in [6, 6.07) is 9.84. The van der Waals surface area contributed by atoms with Gasteiger partial charge in [-0.3, -0.25) is 14.6 Å². The molecule has 0 aliphatic heterocycles. The molecule has 3 rings (SSSR count). The van der Waals surface area contributed by atoms with Crippen molar-refractivity contribution < 1.29 is 4.79 Å². The third-order valence-corrected chi connectivity index (χ3v) is 5.30. The molecule has 0 fully saturated rings. The van der Waals surface area contributed by atoms with E-state index >= 15 is 0 Å². The first-order chi connectivity index (χ1) is 13.8. The van der Waals surface area contributed by atoms with Gasteiger partial charge in [0.25, 0.3) is 5.56 Å². The van der Waals surface area contributed by atoms with E-state index in [1.807, 2.05) is 51.1 Å². The molecule has 0 aliphatic rings. The highest BCUT2D eigenvalue weighted by molar-refractivity contribution is 5.76. The first kappa shape index (κ1) is 20.5. The Hall–Kier alpha value is -3.22. The van der Waals surface area contributed by atoms with E-state index in [1.165, 1.54) is 0 Å². The highest BCUT2D eigenvalue weighted by Gasteiger charge is 2.17. The third kappa shape index (κ3) is 4.45. The zero-order valence-electron chi connectivity index (χ0n) is 17.5. The molecule has 1 amide bonds. The van der Waals surface area contributed by atoms with E-state index in [1.54, 1.807) is 18.5 Å². The van der Waals surface area contributed by atoms with E-state index in [2.05, 4.69) is 20.4 Å². The summed E-state index contributed by atoms with van der Waals surface area (Å²) in [5.74, 6) is 0.387. The number of carbonyl (C=O) groups is 1. The van der Waals surface area contributed by atoms with E-state index in [9.17, 15) is 9.59 Å². The second-order valence-electron chi connectivity index (χ2n) is 7.36. The average Bonchev–Trinajstić information content (AvgIpc) is 2.98. The van der Waals surface area contributed by atoms with Gasteiger partial charge in [-0.1, -0.05) is 30.3 Å². The molecule has 0 radical (unpaired) electrons. The van der Waals surface area contributed by atoms with Gasteiger partial charge in [0.1, 0.15) is 0 Å². The lowest BCUT2D eigenvalue weighted by Crippen LogP contribution is -2.26. The fourth-order valence-corrected chi connectivity index (χ4v) is 3.35. The van der Waals surface area contributed by atoms with Crippen molar-refractivity contribution in [3.05, 3.63) is 74.5 Å². The van der Waals surface area contributed by atoms with Crippen LogP contribution in [0.2, 0.25) is 0 Å². The number of carbonyl (C=O) groups excluding carboxylic acids is 1. The van der Waals surface area contributed by atoms with Crippen LogP contribution in [0.25, 0.3) is 5.95 Å². The maximum Gasteiger partial charge on any atom is 0.255 e. The van der Waals surface area contributed by atoms with Gasteiger partial charge in [0.2, 0.25) is 11.9 Å². The summed E-state index contributed by atoms with van der Waals surface area (Å²) < 4.78 is 1.64. The van der Waals surface area contributed by atoms with Crippen molar-refractivity contribution in [2.45, 2.75) is 53.5 Å². The Kier molecular flexibility index (Phi) is 5.96. The van der Waals surface area contributed by atoms with Crippen LogP contribution < -0.4 is 10.9 Å². The number of amides is 1. The molecule has 0 spiro atoms. The van der Waals surface area contributed by atoms with Crippen LogP contribution in [0.1, 0.15) is 53.2 Å². The summed E-state index contributed by atoms with van der Waals surface area (Å²) in [6.45, 7) is 9.35. The number of hydrogen-bond donors (Lipinski definition) is 2. The van der Waals surface area contributed by atoms with Crippen LogP contribution in [-0.4, -0.2) is 25.7 Å². The number of rotatable bonds is 6. The molecule has 0 aliphatic carbocycles. The zero-order valence-corrected chi connectivity index (χ0v) is 17.5. The molecule has 0 saturated heterocycles. The molecule has 29 heavy (non-hydrogen) atoms. The van der Waals surface area contributed by atoms with E-state index in [-0.39, 0.29) is 17.5 Å². The minimum Gasteiger partial charge on any atom is -0.350 e. The number of benzene rings is 1. The van der Waals surface area contributed by atoms with Crippen LogP contribution in [-0.2, 0) is 11.2 Å². The smallest absolute Gasteiger partial charge is 0.255 e. The van der Waals surface area contributed by atoms with Crippen LogP contribution in [0.3, 0.4) is 0 Å². The average molecular weight is 393 g/mol. The van der Waals surface area contributed by atoms with Crippen molar-refractivity contribution >= 4 is 5.91 Å². The van der Waals surface area contributed by atoms with Crippen molar-refractivity contribution in [1.29, 1.82) is 0 Å². The van der Waals surface area contributed by atoms with Crippen molar-refractivity contribution in [3.8, 4) is 5.95 Å². The Morgan fingerprint density at radius 3 is 2.48 bits per heavy atom. The van der Waals surface area contributed by atoms with Crippen LogP contribution in [0.4, 0.5) is 0 Å². The van der Waals surface area contributed by atoms with Gasteiger partial charge in [-0.05, 0) is 52.2 Å². The van der Waals surface area contributed by atoms with Gasteiger partial charge >= 0.3 is 0 Å². The summed E-state index contributed by atoms with van der Waals surface area (Å²) in [5.41, 5.74) is 4.87. The van der Waals surface area contributed by atoms with Crippen molar-refractivity contribution in [1.82, 2.24) is 25.1 Å². The molecular formula is C22H27N5O2. The van der Waals surface area contributed by atoms with E-state index in [0.29, 0.717) is 30.0 Å². The Morgan fingerprint density at radius 2 is 1.83 bits per heavy atom. The molecule has 0 bridgehead atoms. The quantitative estimate of drug-likeness (QED) is 0.673. The van der Waals surface area contributed by atoms with Crippen LogP contribution in [0.5, 0.6) is 0 Å². The number of aromatic nitrogens is 4. The number of nitrogens with zero attached hydrogens (tertiary/aromatic N) is 3. The van der Waals surface area contributed by atoms with Crippen LogP contribution in [0.15, 0.2) is 35.1 Å². The zero-order chi connectivity index (χ0) is 21.1. The fourth-order valence-electron chi connectivity index (χ4n) is 3.35. The minimum atomic E-state index is -0.170. The Morgan fingerprint density at radius 1 is 1.14 bits per heavy atom. The maximum absolute atomic E-state index is 12.4. The lowest BCUT2D eigenvalue weighted by Gasteiger charge is -2.14. The van der Waals surface area contributed by atoms with E-state index in [0.717, 1.165) is 22.5 Å². The second-order valence-corrected chi connectivity index (χ2v) is 7.36.